The topological polar surface area (TPSA) is 44.8 Å². The largest absolute Gasteiger partial charge is 0.510 e. The van der Waals surface area contributed by atoms with Crippen molar-refractivity contribution in [2.24, 2.45) is 0 Å². The number of rotatable bonds is 2. The third-order valence-electron chi connectivity index (χ3n) is 0.461. The molecular weight excluding hydrogens is 160 g/mol. The lowest BCUT2D eigenvalue weighted by Gasteiger charge is -1.98. The number of carbonyl (C=O) groups is 1. The van der Waals surface area contributed by atoms with Gasteiger partial charge in [-0.15, -0.1) is 0 Å². The maximum Gasteiger partial charge on any atom is 0.510 e. The number of hydrogen-bond donors (Lipinski definition) is 0. The summed E-state index contributed by atoms with van der Waals surface area (Å²) in [5, 5.41) is 0. The predicted octanol–water partition coefficient (Wildman–Crippen LogP) is 2.92. The molecule has 0 aromatic rings. The molecular formula is C8H24O4. The van der Waals surface area contributed by atoms with E-state index >= 15 is 0 Å². The molecule has 0 aliphatic heterocycles. The zero-order valence-corrected chi connectivity index (χ0v) is 4.84. The van der Waals surface area contributed by atoms with Crippen LogP contribution in [0.25, 0.3) is 0 Å². The van der Waals surface area contributed by atoms with E-state index in [1.165, 1.54) is 14.2 Å². The summed E-state index contributed by atoms with van der Waals surface area (Å²) in [6.07, 6.45) is -0.730. The van der Waals surface area contributed by atoms with Gasteiger partial charge in [-0.05, 0) is 0 Å². The van der Waals surface area contributed by atoms with Crippen molar-refractivity contribution in [1.82, 2.24) is 0 Å². The Morgan fingerprint density at radius 1 is 1.08 bits per heavy atom. The Balaban J connectivity index is -0.0000000408. The SMILES string of the molecule is C.C.C.C.COCOC(=O)OC. The average molecular weight is 184 g/mol. The van der Waals surface area contributed by atoms with Gasteiger partial charge in [-0.1, -0.05) is 29.7 Å². The van der Waals surface area contributed by atoms with Gasteiger partial charge in [0.1, 0.15) is 0 Å². The zero-order chi connectivity index (χ0) is 6.41. The molecule has 0 heterocycles. The molecule has 0 rings (SSSR count). The van der Waals surface area contributed by atoms with Crippen LogP contribution >= 0.6 is 0 Å². The minimum absolute atomic E-state index is 0. The average Bonchev–Trinajstić information content (AvgIpc) is 1.83. The highest BCUT2D eigenvalue weighted by Crippen LogP contribution is 1.79. The summed E-state index contributed by atoms with van der Waals surface area (Å²) in [6.45, 7) is -0.0628. The highest BCUT2D eigenvalue weighted by molar-refractivity contribution is 5.59. The fourth-order valence-corrected chi connectivity index (χ4v) is 0.166. The van der Waals surface area contributed by atoms with E-state index < -0.39 is 6.16 Å². The third-order valence-corrected chi connectivity index (χ3v) is 0.461. The first-order valence-electron chi connectivity index (χ1n) is 2.01. The molecule has 0 bridgehead atoms. The Morgan fingerprint density at radius 3 is 1.75 bits per heavy atom. The van der Waals surface area contributed by atoms with Gasteiger partial charge in [0.05, 0.1) is 7.11 Å². The van der Waals surface area contributed by atoms with Gasteiger partial charge in [0, 0.05) is 7.11 Å². The van der Waals surface area contributed by atoms with Gasteiger partial charge in [-0.2, -0.15) is 0 Å². The molecule has 0 N–H and O–H groups in total. The van der Waals surface area contributed by atoms with Crippen molar-refractivity contribution in [3.63, 3.8) is 0 Å². The van der Waals surface area contributed by atoms with Crippen LogP contribution in [0.4, 0.5) is 4.79 Å². The highest BCUT2D eigenvalue weighted by Gasteiger charge is 1.95. The Morgan fingerprint density at radius 2 is 1.50 bits per heavy atom. The van der Waals surface area contributed by atoms with Crippen LogP contribution in [0, 0.1) is 0 Å². The van der Waals surface area contributed by atoms with Crippen molar-refractivity contribution in [1.29, 1.82) is 0 Å². The molecule has 0 amide bonds. The standard InChI is InChI=1S/C4H8O4.4CH4/c1-6-3-8-4(5)7-2;;;;/h3H2,1-2H3;4*1H4. The third kappa shape index (κ3) is 22.9. The number of ether oxygens (including phenoxy) is 3. The normalized spacial score (nSPS) is 5.50. The summed E-state index contributed by atoms with van der Waals surface area (Å²) >= 11 is 0. The molecule has 80 valence electrons. The lowest BCUT2D eigenvalue weighted by atomic mass is 11.2. The highest BCUT2D eigenvalue weighted by atomic mass is 16.8. The van der Waals surface area contributed by atoms with Gasteiger partial charge in [0.25, 0.3) is 0 Å². The molecule has 0 unspecified atom stereocenters. The molecule has 0 radical (unpaired) electrons. The van der Waals surface area contributed by atoms with Crippen molar-refractivity contribution in [3.05, 3.63) is 0 Å². The van der Waals surface area contributed by atoms with Crippen molar-refractivity contribution >= 4 is 6.16 Å². The van der Waals surface area contributed by atoms with E-state index in [1.807, 2.05) is 0 Å². The van der Waals surface area contributed by atoms with Gasteiger partial charge >= 0.3 is 6.16 Å². The van der Waals surface area contributed by atoms with Gasteiger partial charge in [-0.25, -0.2) is 4.79 Å². The molecule has 0 aliphatic rings. The van der Waals surface area contributed by atoms with Crippen LogP contribution in [0.15, 0.2) is 0 Å². The fraction of sp³-hybridized carbons (Fsp3) is 0.875. The van der Waals surface area contributed by atoms with E-state index in [1.54, 1.807) is 0 Å². The van der Waals surface area contributed by atoms with E-state index in [0.717, 1.165) is 0 Å². The second-order valence-corrected chi connectivity index (χ2v) is 1.00. The molecule has 0 spiro atoms. The van der Waals surface area contributed by atoms with E-state index in [4.69, 9.17) is 0 Å². The summed E-state index contributed by atoms with van der Waals surface area (Å²) in [7, 11) is 2.65. The zero-order valence-electron chi connectivity index (χ0n) is 4.84. The molecule has 0 fully saturated rings. The lowest BCUT2D eigenvalue weighted by Crippen LogP contribution is -2.05. The van der Waals surface area contributed by atoms with Crippen LogP contribution in [0.1, 0.15) is 29.7 Å². The summed E-state index contributed by atoms with van der Waals surface area (Å²) in [5.74, 6) is 0. The Labute approximate surface area is 76.8 Å². The van der Waals surface area contributed by atoms with E-state index in [-0.39, 0.29) is 36.5 Å². The summed E-state index contributed by atoms with van der Waals surface area (Å²) < 4.78 is 12.8. The molecule has 0 atom stereocenters. The first-order chi connectivity index (χ1) is 3.81. The van der Waals surface area contributed by atoms with Crippen LogP contribution in [-0.4, -0.2) is 27.2 Å². The molecule has 0 saturated heterocycles. The molecule has 12 heavy (non-hydrogen) atoms. The Bertz CT molecular complexity index is 73.5. The van der Waals surface area contributed by atoms with Crippen LogP contribution in [0.5, 0.6) is 0 Å². The van der Waals surface area contributed by atoms with Crippen LogP contribution < -0.4 is 0 Å². The summed E-state index contributed by atoms with van der Waals surface area (Å²) in [4.78, 5) is 10.0. The maximum absolute atomic E-state index is 10.0. The van der Waals surface area contributed by atoms with E-state index in [2.05, 4.69) is 14.2 Å². The molecule has 4 nitrogen and oxygen atoms in total. The first kappa shape index (κ1) is 30.3. The number of hydrogen-bond acceptors (Lipinski definition) is 4. The van der Waals surface area contributed by atoms with Crippen LogP contribution in [0.3, 0.4) is 0 Å². The van der Waals surface area contributed by atoms with Crippen LogP contribution in [0.2, 0.25) is 0 Å². The van der Waals surface area contributed by atoms with Gasteiger partial charge in [0.15, 0.2) is 6.79 Å². The van der Waals surface area contributed by atoms with Crippen LogP contribution in [-0.2, 0) is 14.2 Å². The fourth-order valence-electron chi connectivity index (χ4n) is 0.166. The molecule has 0 saturated carbocycles. The Kier molecular flexibility index (Phi) is 56.7. The first-order valence-corrected chi connectivity index (χ1v) is 2.01. The minimum Gasteiger partial charge on any atom is -0.438 e. The maximum atomic E-state index is 10.0. The smallest absolute Gasteiger partial charge is 0.438 e. The second-order valence-electron chi connectivity index (χ2n) is 1.00. The van der Waals surface area contributed by atoms with Crippen molar-refractivity contribution < 1.29 is 19.0 Å². The van der Waals surface area contributed by atoms with Crippen molar-refractivity contribution in [2.75, 3.05) is 21.0 Å². The summed E-state index contributed by atoms with van der Waals surface area (Å²) in [5.41, 5.74) is 0. The quantitative estimate of drug-likeness (QED) is 0.489. The Hall–Kier alpha value is -0.770. The van der Waals surface area contributed by atoms with Gasteiger partial charge in [-0.3, -0.25) is 0 Å². The molecule has 0 aliphatic carbocycles. The molecule has 0 aromatic heterocycles. The summed E-state index contributed by atoms with van der Waals surface area (Å²) in [6, 6.07) is 0. The molecule has 0 aromatic carbocycles. The van der Waals surface area contributed by atoms with Crippen molar-refractivity contribution in [2.45, 2.75) is 29.7 Å². The van der Waals surface area contributed by atoms with E-state index in [9.17, 15) is 4.79 Å². The lowest BCUT2D eigenvalue weighted by molar-refractivity contribution is -0.0190. The predicted molar refractivity (Wildman–Crippen MR) is 52.3 cm³/mol. The number of carbonyl (C=O) groups excluding carboxylic acids is 1. The van der Waals surface area contributed by atoms with Gasteiger partial charge in [0.2, 0.25) is 0 Å². The minimum atomic E-state index is -0.730. The van der Waals surface area contributed by atoms with Crippen molar-refractivity contribution in [3.8, 4) is 0 Å². The number of methoxy groups -OCH3 is 2. The molecule has 4 heteroatoms. The monoisotopic (exact) mass is 184 g/mol. The van der Waals surface area contributed by atoms with E-state index in [0.29, 0.717) is 0 Å². The second kappa shape index (κ2) is 22.5. The van der Waals surface area contributed by atoms with Gasteiger partial charge < -0.3 is 14.2 Å².